The minimum absolute atomic E-state index is 1.01. The first-order valence-electron chi connectivity index (χ1n) is 7.06. The highest BCUT2D eigenvalue weighted by Gasteiger charge is 2.34. The van der Waals surface area contributed by atoms with E-state index >= 15 is 0 Å². The zero-order chi connectivity index (χ0) is 13.6. The largest absolute Gasteiger partial charge is 0.394 e. The molecule has 0 aliphatic heterocycles. The van der Waals surface area contributed by atoms with Gasteiger partial charge in [0, 0.05) is 12.2 Å². The van der Waals surface area contributed by atoms with Gasteiger partial charge in [-0.3, -0.25) is 0 Å². The van der Waals surface area contributed by atoms with E-state index in [1.54, 1.807) is 0 Å². The fourth-order valence-electron chi connectivity index (χ4n) is 2.73. The fourth-order valence-corrected chi connectivity index (χ4v) is 6.68. The molecule has 0 atom stereocenters. The van der Waals surface area contributed by atoms with Crippen molar-refractivity contribution in [2.75, 3.05) is 11.1 Å². The molecule has 0 aliphatic carbocycles. The van der Waals surface area contributed by atoms with E-state index in [2.05, 4.69) is 69.2 Å². The van der Waals surface area contributed by atoms with Crippen molar-refractivity contribution in [3.63, 3.8) is 0 Å². The minimum atomic E-state index is -1.38. The van der Waals surface area contributed by atoms with Gasteiger partial charge in [-0.25, -0.2) is 0 Å². The molecule has 0 amide bonds. The second-order valence-corrected chi connectivity index (χ2v) is 10.3. The molecular formula is C16H27NSi. The van der Waals surface area contributed by atoms with Crippen LogP contribution in [0, 0.1) is 0 Å². The van der Waals surface area contributed by atoms with E-state index in [4.69, 9.17) is 0 Å². The average Bonchev–Trinajstić information content (AvgIpc) is 2.40. The van der Waals surface area contributed by atoms with Gasteiger partial charge in [-0.05, 0) is 37.2 Å². The van der Waals surface area contributed by atoms with Crippen LogP contribution in [-0.4, -0.2) is 14.8 Å². The maximum absolute atomic E-state index is 4.12. The van der Waals surface area contributed by atoms with Crippen LogP contribution in [-0.2, 0) is 0 Å². The van der Waals surface area contributed by atoms with Crippen LogP contribution in [0.1, 0.15) is 27.7 Å². The second kappa shape index (κ2) is 6.79. The van der Waals surface area contributed by atoms with Crippen molar-refractivity contribution in [2.45, 2.75) is 45.8 Å². The highest BCUT2D eigenvalue weighted by atomic mass is 28.3. The predicted molar refractivity (Wildman–Crippen MR) is 85.8 cm³/mol. The summed E-state index contributed by atoms with van der Waals surface area (Å²) in [4.78, 5) is 0. The van der Waals surface area contributed by atoms with Gasteiger partial charge >= 0.3 is 0 Å². The van der Waals surface area contributed by atoms with E-state index in [1.165, 1.54) is 29.4 Å². The molecule has 0 saturated carbocycles. The molecule has 1 aromatic rings. The number of hydrogen-bond donors (Lipinski definition) is 0. The van der Waals surface area contributed by atoms with Gasteiger partial charge in [0.05, 0.1) is 0 Å². The van der Waals surface area contributed by atoms with Crippen molar-refractivity contribution in [3.05, 3.63) is 42.5 Å². The van der Waals surface area contributed by atoms with Crippen molar-refractivity contribution in [3.8, 4) is 0 Å². The topological polar surface area (TPSA) is 3.24 Å². The number of para-hydroxylation sites is 1. The van der Waals surface area contributed by atoms with Crippen molar-refractivity contribution in [2.24, 2.45) is 0 Å². The molecule has 0 bridgehead atoms. The smallest absolute Gasteiger partial charge is 0.156 e. The van der Waals surface area contributed by atoms with Crippen LogP contribution in [0.3, 0.4) is 0 Å². The van der Waals surface area contributed by atoms with Crippen LogP contribution in [0.4, 0.5) is 5.69 Å². The van der Waals surface area contributed by atoms with Crippen LogP contribution < -0.4 is 4.57 Å². The number of hydrogen-bond acceptors (Lipinski definition) is 1. The van der Waals surface area contributed by atoms with Crippen LogP contribution in [0.25, 0.3) is 0 Å². The van der Waals surface area contributed by atoms with Gasteiger partial charge in [0.1, 0.15) is 0 Å². The Bertz CT molecular complexity index is 360. The number of rotatable bonds is 7. The maximum atomic E-state index is 4.12. The predicted octanol–water partition coefficient (Wildman–Crippen LogP) is 5.07. The van der Waals surface area contributed by atoms with E-state index in [0.29, 0.717) is 0 Å². The van der Waals surface area contributed by atoms with E-state index in [9.17, 15) is 0 Å². The quantitative estimate of drug-likeness (QED) is 0.489. The molecule has 1 rings (SSSR count). The summed E-state index contributed by atoms with van der Waals surface area (Å²) < 4.78 is 2.68. The number of benzene rings is 1. The van der Waals surface area contributed by atoms with Crippen LogP contribution in [0.2, 0.25) is 18.1 Å². The third-order valence-electron chi connectivity index (χ3n) is 4.04. The Labute approximate surface area is 114 Å². The maximum Gasteiger partial charge on any atom is 0.156 e. The Morgan fingerprint density at radius 2 is 1.56 bits per heavy atom. The molecule has 2 heteroatoms. The molecule has 0 heterocycles. The SMILES string of the molecule is C=C(C)CN(c1ccccc1)[Si](CC)(CC)CC. The summed E-state index contributed by atoms with van der Waals surface area (Å²) in [5, 5.41) is 0. The van der Waals surface area contributed by atoms with Gasteiger partial charge in [-0.2, -0.15) is 0 Å². The molecular weight excluding hydrogens is 234 g/mol. The van der Waals surface area contributed by atoms with Gasteiger partial charge < -0.3 is 4.57 Å². The molecule has 18 heavy (non-hydrogen) atoms. The van der Waals surface area contributed by atoms with Crippen LogP contribution in [0.5, 0.6) is 0 Å². The van der Waals surface area contributed by atoms with E-state index in [1.807, 2.05) is 0 Å². The lowest BCUT2D eigenvalue weighted by Gasteiger charge is -2.43. The molecule has 0 unspecified atom stereocenters. The standard InChI is InChI=1S/C16H27NSi/c1-6-18(7-2,8-3)17(14-15(4)5)16-12-10-9-11-13-16/h9-13H,4,6-8,14H2,1-3,5H3. The van der Waals surface area contributed by atoms with Crippen molar-refractivity contribution in [1.82, 2.24) is 0 Å². The van der Waals surface area contributed by atoms with Gasteiger partial charge in [-0.15, -0.1) is 0 Å². The summed E-state index contributed by atoms with van der Waals surface area (Å²) >= 11 is 0. The summed E-state index contributed by atoms with van der Waals surface area (Å²) in [6.45, 7) is 14.3. The zero-order valence-electron chi connectivity index (χ0n) is 12.4. The van der Waals surface area contributed by atoms with Crippen molar-refractivity contribution in [1.29, 1.82) is 0 Å². The van der Waals surface area contributed by atoms with E-state index in [0.717, 1.165) is 6.54 Å². The monoisotopic (exact) mass is 261 g/mol. The van der Waals surface area contributed by atoms with Crippen molar-refractivity contribution >= 4 is 13.9 Å². The summed E-state index contributed by atoms with van der Waals surface area (Å²) in [6.07, 6.45) is 0. The first kappa shape index (κ1) is 15.0. The van der Waals surface area contributed by atoms with Crippen molar-refractivity contribution < 1.29 is 0 Å². The lowest BCUT2D eigenvalue weighted by molar-refractivity contribution is 0.997. The summed E-state index contributed by atoms with van der Waals surface area (Å²) in [5.74, 6) is 0. The van der Waals surface area contributed by atoms with Gasteiger partial charge in [0.15, 0.2) is 8.24 Å². The molecule has 0 fully saturated rings. The van der Waals surface area contributed by atoms with E-state index in [-0.39, 0.29) is 0 Å². The normalized spacial score (nSPS) is 11.3. The average molecular weight is 261 g/mol. The second-order valence-electron chi connectivity index (χ2n) is 5.16. The summed E-state index contributed by atoms with van der Waals surface area (Å²) in [5.41, 5.74) is 2.63. The Kier molecular flexibility index (Phi) is 5.67. The third kappa shape index (κ3) is 3.26. The minimum Gasteiger partial charge on any atom is -0.394 e. The van der Waals surface area contributed by atoms with Gasteiger partial charge in [0.25, 0.3) is 0 Å². The summed E-state index contributed by atoms with van der Waals surface area (Å²) in [7, 11) is -1.38. The van der Waals surface area contributed by atoms with Crippen LogP contribution >= 0.6 is 0 Å². The number of anilines is 1. The molecule has 100 valence electrons. The first-order chi connectivity index (χ1) is 8.59. The first-order valence-corrected chi connectivity index (χ1v) is 9.63. The lowest BCUT2D eigenvalue weighted by Crippen LogP contribution is -2.53. The lowest BCUT2D eigenvalue weighted by atomic mass is 10.3. The molecule has 1 nitrogen and oxygen atoms in total. The summed E-state index contributed by atoms with van der Waals surface area (Å²) in [6, 6.07) is 14.8. The molecule has 1 aromatic carbocycles. The third-order valence-corrected chi connectivity index (χ3v) is 9.55. The Balaban J connectivity index is 3.15. The van der Waals surface area contributed by atoms with Gasteiger partial charge in [0.2, 0.25) is 0 Å². The van der Waals surface area contributed by atoms with Crippen LogP contribution in [0.15, 0.2) is 42.5 Å². The highest BCUT2D eigenvalue weighted by Crippen LogP contribution is 2.30. The van der Waals surface area contributed by atoms with Gasteiger partial charge in [-0.1, -0.05) is 51.1 Å². The Morgan fingerprint density at radius 1 is 1.06 bits per heavy atom. The Hall–Kier alpha value is -1.02. The van der Waals surface area contributed by atoms with E-state index < -0.39 is 8.24 Å². The highest BCUT2D eigenvalue weighted by molar-refractivity contribution is 6.83. The number of nitrogens with zero attached hydrogens (tertiary/aromatic N) is 1. The fraction of sp³-hybridized carbons (Fsp3) is 0.500. The molecule has 0 radical (unpaired) electrons. The molecule has 0 saturated heterocycles. The molecule has 0 aromatic heterocycles. The molecule has 0 aliphatic rings. The Morgan fingerprint density at radius 3 is 1.94 bits per heavy atom. The molecule has 0 N–H and O–H groups in total. The zero-order valence-corrected chi connectivity index (χ0v) is 13.4. The molecule has 0 spiro atoms.